The third-order valence-electron chi connectivity index (χ3n) is 4.41. The van der Waals surface area contributed by atoms with Crippen molar-refractivity contribution in [2.75, 3.05) is 37.1 Å². The van der Waals surface area contributed by atoms with Gasteiger partial charge in [0.15, 0.2) is 0 Å². The van der Waals surface area contributed by atoms with Crippen molar-refractivity contribution >= 4 is 23.6 Å². The molecule has 8 nitrogen and oxygen atoms in total. The van der Waals surface area contributed by atoms with Crippen molar-refractivity contribution in [1.82, 2.24) is 0 Å². The number of hydrogen-bond donors (Lipinski definition) is 2. The molecule has 152 valence electrons. The summed E-state index contributed by atoms with van der Waals surface area (Å²) in [5.41, 5.74) is 3.54. The van der Waals surface area contributed by atoms with Gasteiger partial charge in [-0.2, -0.15) is 0 Å². The van der Waals surface area contributed by atoms with Crippen LogP contribution in [0, 0.1) is 0 Å². The van der Waals surface area contributed by atoms with E-state index in [1.54, 1.807) is 0 Å². The topological polar surface area (TPSA) is 102 Å². The summed E-state index contributed by atoms with van der Waals surface area (Å²) in [5.74, 6) is 0. The average molecular weight is 398 g/mol. The number of hydrogen-bond acceptors (Lipinski definition) is 6. The summed E-state index contributed by atoms with van der Waals surface area (Å²) < 4.78 is 20.1. The first kappa shape index (κ1) is 19.2. The number of carbonyl (C=O) groups excluding carboxylic acids is 2. The minimum absolute atomic E-state index is 0.0488. The maximum absolute atomic E-state index is 11.7. The Balaban J connectivity index is 1.22. The van der Waals surface area contributed by atoms with Crippen molar-refractivity contribution in [2.24, 2.45) is 0 Å². The molecule has 2 heterocycles. The predicted molar refractivity (Wildman–Crippen MR) is 105 cm³/mol. The van der Waals surface area contributed by atoms with E-state index in [1.807, 2.05) is 48.5 Å². The van der Waals surface area contributed by atoms with Crippen molar-refractivity contribution in [3.8, 4) is 0 Å². The second-order valence-corrected chi connectivity index (χ2v) is 6.93. The Morgan fingerprint density at radius 3 is 1.48 bits per heavy atom. The van der Waals surface area contributed by atoms with Crippen molar-refractivity contribution in [3.63, 3.8) is 0 Å². The Morgan fingerprint density at radius 1 is 0.759 bits per heavy atom. The Bertz CT molecular complexity index is 773. The van der Waals surface area contributed by atoms with Gasteiger partial charge in [-0.05, 0) is 41.8 Å². The van der Waals surface area contributed by atoms with E-state index in [2.05, 4.69) is 10.6 Å². The van der Waals surface area contributed by atoms with E-state index in [0.717, 1.165) is 17.5 Å². The highest BCUT2D eigenvalue weighted by Crippen LogP contribution is 2.17. The van der Waals surface area contributed by atoms with E-state index < -0.39 is 12.2 Å². The number of anilines is 2. The van der Waals surface area contributed by atoms with Crippen LogP contribution in [0.25, 0.3) is 0 Å². The molecule has 0 aromatic heterocycles. The lowest BCUT2D eigenvalue weighted by Crippen LogP contribution is -2.16. The van der Waals surface area contributed by atoms with Crippen LogP contribution in [0.15, 0.2) is 48.5 Å². The number of nitrogens with one attached hydrogen (secondary N) is 2. The van der Waals surface area contributed by atoms with E-state index in [-0.39, 0.29) is 25.4 Å². The number of rotatable bonds is 8. The molecule has 0 aliphatic carbocycles. The molecule has 2 saturated heterocycles. The molecule has 0 spiro atoms. The predicted octanol–water partition coefficient (Wildman–Crippen LogP) is 3.17. The molecular formula is C21H22N2O6. The largest absolute Gasteiger partial charge is 0.446 e. The van der Waals surface area contributed by atoms with Crippen LogP contribution in [0.2, 0.25) is 0 Å². The third-order valence-corrected chi connectivity index (χ3v) is 4.41. The summed E-state index contributed by atoms with van der Waals surface area (Å²) in [6, 6.07) is 15.1. The number of ether oxygens (including phenoxy) is 4. The normalized spacial score (nSPS) is 19.2. The quantitative estimate of drug-likeness (QED) is 0.663. The second kappa shape index (κ2) is 8.93. The molecule has 4 rings (SSSR count). The van der Waals surface area contributed by atoms with Gasteiger partial charge in [0.2, 0.25) is 0 Å². The average Bonchev–Trinajstić information content (AvgIpc) is 3.63. The first-order chi connectivity index (χ1) is 14.1. The highest BCUT2D eigenvalue weighted by atomic mass is 16.6. The van der Waals surface area contributed by atoms with Gasteiger partial charge in [-0.1, -0.05) is 24.3 Å². The fourth-order valence-electron chi connectivity index (χ4n) is 2.62. The molecular weight excluding hydrogens is 376 g/mol. The van der Waals surface area contributed by atoms with Gasteiger partial charge in [0.1, 0.15) is 25.4 Å². The fourth-order valence-corrected chi connectivity index (χ4v) is 2.62. The van der Waals surface area contributed by atoms with Crippen LogP contribution in [0.5, 0.6) is 0 Å². The molecule has 2 N–H and O–H groups in total. The fraction of sp³-hybridized carbons (Fsp3) is 0.333. The smallest absolute Gasteiger partial charge is 0.411 e. The van der Waals surface area contributed by atoms with Gasteiger partial charge in [0, 0.05) is 11.4 Å². The van der Waals surface area contributed by atoms with E-state index >= 15 is 0 Å². The molecule has 2 aliphatic rings. The van der Waals surface area contributed by atoms with E-state index in [0.29, 0.717) is 24.6 Å². The van der Waals surface area contributed by atoms with Crippen LogP contribution in [-0.2, 0) is 25.4 Å². The van der Waals surface area contributed by atoms with E-state index in [1.165, 1.54) is 0 Å². The van der Waals surface area contributed by atoms with Gasteiger partial charge in [-0.3, -0.25) is 10.6 Å². The Kier molecular flexibility index (Phi) is 5.92. The second-order valence-electron chi connectivity index (χ2n) is 6.93. The van der Waals surface area contributed by atoms with Crippen molar-refractivity contribution in [2.45, 2.75) is 18.6 Å². The van der Waals surface area contributed by atoms with Crippen LogP contribution < -0.4 is 10.6 Å². The molecule has 8 heteroatoms. The molecule has 29 heavy (non-hydrogen) atoms. The minimum Gasteiger partial charge on any atom is -0.446 e. The first-order valence-corrected chi connectivity index (χ1v) is 9.43. The molecule has 2 amide bonds. The maximum atomic E-state index is 11.7. The molecule has 2 unspecified atom stereocenters. The Labute approximate surface area is 168 Å². The minimum atomic E-state index is -0.487. The van der Waals surface area contributed by atoms with Gasteiger partial charge in [0.25, 0.3) is 0 Å². The van der Waals surface area contributed by atoms with Crippen LogP contribution in [0.3, 0.4) is 0 Å². The van der Waals surface area contributed by atoms with Crippen LogP contribution in [0.1, 0.15) is 11.1 Å². The lowest BCUT2D eigenvalue weighted by Gasteiger charge is -2.08. The molecule has 2 aliphatic heterocycles. The van der Waals surface area contributed by atoms with Gasteiger partial charge >= 0.3 is 12.2 Å². The third kappa shape index (κ3) is 6.48. The van der Waals surface area contributed by atoms with Crippen molar-refractivity contribution < 1.29 is 28.5 Å². The first-order valence-electron chi connectivity index (χ1n) is 9.43. The van der Waals surface area contributed by atoms with Crippen LogP contribution in [0.4, 0.5) is 21.0 Å². The summed E-state index contributed by atoms with van der Waals surface area (Å²) in [6.45, 7) is 1.86. The maximum Gasteiger partial charge on any atom is 0.411 e. The Morgan fingerprint density at radius 2 is 1.14 bits per heavy atom. The molecule has 0 bridgehead atoms. The highest BCUT2D eigenvalue weighted by molar-refractivity contribution is 5.85. The van der Waals surface area contributed by atoms with Crippen molar-refractivity contribution in [3.05, 3.63) is 59.7 Å². The standard InChI is InChI=1S/C21H22N2O6/c24-20(28-12-18-10-26-18)22-16-5-1-14(2-6-16)9-15-3-7-17(8-4-15)23-21(25)29-13-19-11-27-19/h1-8,18-19H,9-13H2,(H,22,24)(H,23,25). The highest BCUT2D eigenvalue weighted by Gasteiger charge is 2.24. The van der Waals surface area contributed by atoms with Gasteiger partial charge in [-0.25, -0.2) is 9.59 Å². The lowest BCUT2D eigenvalue weighted by atomic mass is 10.0. The van der Waals surface area contributed by atoms with Crippen LogP contribution >= 0.6 is 0 Å². The number of carbonyl (C=O) groups is 2. The lowest BCUT2D eigenvalue weighted by molar-refractivity contribution is 0.150. The zero-order chi connectivity index (χ0) is 20.1. The monoisotopic (exact) mass is 398 g/mol. The zero-order valence-electron chi connectivity index (χ0n) is 15.8. The van der Waals surface area contributed by atoms with E-state index in [4.69, 9.17) is 18.9 Å². The molecule has 2 aromatic rings. The van der Waals surface area contributed by atoms with Crippen molar-refractivity contribution in [1.29, 1.82) is 0 Å². The molecule has 2 aromatic carbocycles. The summed E-state index contributed by atoms with van der Waals surface area (Å²) in [5, 5.41) is 5.37. The molecule has 0 saturated carbocycles. The molecule has 2 fully saturated rings. The van der Waals surface area contributed by atoms with E-state index in [9.17, 15) is 9.59 Å². The zero-order valence-corrected chi connectivity index (χ0v) is 15.8. The SMILES string of the molecule is O=C(Nc1ccc(Cc2ccc(NC(=O)OCC3CO3)cc2)cc1)OCC1CO1. The number of amides is 2. The van der Waals surface area contributed by atoms with Gasteiger partial charge < -0.3 is 18.9 Å². The number of epoxide rings is 2. The number of benzene rings is 2. The molecule has 0 radical (unpaired) electrons. The summed E-state index contributed by atoms with van der Waals surface area (Å²) in [4.78, 5) is 23.3. The van der Waals surface area contributed by atoms with Crippen LogP contribution in [-0.4, -0.2) is 50.8 Å². The van der Waals surface area contributed by atoms with Gasteiger partial charge in [0.05, 0.1) is 13.2 Å². The summed E-state index contributed by atoms with van der Waals surface area (Å²) >= 11 is 0. The summed E-state index contributed by atoms with van der Waals surface area (Å²) in [6.07, 6.45) is -0.146. The van der Waals surface area contributed by atoms with Gasteiger partial charge in [-0.15, -0.1) is 0 Å². The summed E-state index contributed by atoms with van der Waals surface area (Å²) in [7, 11) is 0. The Hall–Kier alpha value is -3.10. The molecule has 2 atom stereocenters.